The minimum absolute atomic E-state index is 0.498. The zero-order valence-corrected chi connectivity index (χ0v) is 11.4. The van der Waals surface area contributed by atoms with Gasteiger partial charge in [-0.2, -0.15) is 5.10 Å². The zero-order chi connectivity index (χ0) is 13.6. The predicted octanol–water partition coefficient (Wildman–Crippen LogP) is 1.74. The van der Waals surface area contributed by atoms with Gasteiger partial charge in [-0.15, -0.1) is 0 Å². The topological polar surface area (TPSA) is 61.7 Å². The Hall–Kier alpha value is -2.14. The molecule has 0 aliphatic heterocycles. The molecule has 3 rings (SSSR count). The maximum absolute atomic E-state index is 5.78. The molecule has 0 aliphatic rings. The van der Waals surface area contributed by atoms with Gasteiger partial charge in [0.1, 0.15) is 5.69 Å². The SMILES string of the molecule is Cc1cc(-c2nc3c(CN)cccc3n2C)n(C)n1. The van der Waals surface area contributed by atoms with Crippen molar-refractivity contribution < 1.29 is 0 Å². The molecule has 3 aromatic rings. The molecular weight excluding hydrogens is 238 g/mol. The minimum Gasteiger partial charge on any atom is -0.326 e. The summed E-state index contributed by atoms with van der Waals surface area (Å²) < 4.78 is 3.95. The van der Waals surface area contributed by atoms with E-state index in [9.17, 15) is 0 Å². The van der Waals surface area contributed by atoms with Gasteiger partial charge in [-0.3, -0.25) is 4.68 Å². The van der Waals surface area contributed by atoms with Crippen LogP contribution in [0.1, 0.15) is 11.3 Å². The number of imidazole rings is 1. The second-order valence-corrected chi connectivity index (χ2v) is 4.78. The Morgan fingerprint density at radius 3 is 2.68 bits per heavy atom. The van der Waals surface area contributed by atoms with Crippen molar-refractivity contribution in [2.45, 2.75) is 13.5 Å². The molecule has 2 N–H and O–H groups in total. The van der Waals surface area contributed by atoms with E-state index < -0.39 is 0 Å². The Kier molecular flexibility index (Phi) is 2.64. The molecule has 0 radical (unpaired) electrons. The second kappa shape index (κ2) is 4.20. The van der Waals surface area contributed by atoms with E-state index in [-0.39, 0.29) is 0 Å². The molecule has 0 fully saturated rings. The molecule has 5 heteroatoms. The van der Waals surface area contributed by atoms with E-state index in [2.05, 4.69) is 15.7 Å². The molecular formula is C14H17N5. The number of nitrogens with zero attached hydrogens (tertiary/aromatic N) is 4. The Labute approximate surface area is 111 Å². The van der Waals surface area contributed by atoms with Gasteiger partial charge in [-0.25, -0.2) is 4.98 Å². The van der Waals surface area contributed by atoms with Crippen LogP contribution in [0.4, 0.5) is 0 Å². The summed E-state index contributed by atoms with van der Waals surface area (Å²) in [6.07, 6.45) is 0. The Morgan fingerprint density at radius 2 is 2.05 bits per heavy atom. The van der Waals surface area contributed by atoms with Crippen molar-refractivity contribution in [1.82, 2.24) is 19.3 Å². The number of aryl methyl sites for hydroxylation is 3. The number of fused-ring (bicyclic) bond motifs is 1. The highest BCUT2D eigenvalue weighted by Crippen LogP contribution is 2.25. The van der Waals surface area contributed by atoms with Crippen LogP contribution in [0.2, 0.25) is 0 Å². The molecule has 5 nitrogen and oxygen atoms in total. The summed E-state index contributed by atoms with van der Waals surface area (Å²) >= 11 is 0. The van der Waals surface area contributed by atoms with Crippen molar-refractivity contribution >= 4 is 11.0 Å². The minimum atomic E-state index is 0.498. The smallest absolute Gasteiger partial charge is 0.159 e. The molecule has 0 saturated heterocycles. The Bertz CT molecular complexity index is 751. The van der Waals surface area contributed by atoms with Gasteiger partial charge in [-0.05, 0) is 24.6 Å². The lowest BCUT2D eigenvalue weighted by atomic mass is 10.2. The molecule has 0 saturated carbocycles. The number of benzene rings is 1. The van der Waals surface area contributed by atoms with Gasteiger partial charge in [-0.1, -0.05) is 12.1 Å². The van der Waals surface area contributed by atoms with Crippen LogP contribution in [-0.2, 0) is 20.6 Å². The zero-order valence-electron chi connectivity index (χ0n) is 11.4. The molecule has 2 heterocycles. The summed E-state index contributed by atoms with van der Waals surface area (Å²) in [5, 5.41) is 4.38. The predicted molar refractivity (Wildman–Crippen MR) is 75.5 cm³/mol. The van der Waals surface area contributed by atoms with Gasteiger partial charge < -0.3 is 10.3 Å². The monoisotopic (exact) mass is 255 g/mol. The fraction of sp³-hybridized carbons (Fsp3) is 0.286. The van der Waals surface area contributed by atoms with Crippen LogP contribution in [0.5, 0.6) is 0 Å². The van der Waals surface area contributed by atoms with Crippen LogP contribution < -0.4 is 5.73 Å². The maximum atomic E-state index is 5.78. The molecule has 98 valence electrons. The summed E-state index contributed by atoms with van der Waals surface area (Å²) in [5.41, 5.74) is 10.9. The Morgan fingerprint density at radius 1 is 1.26 bits per heavy atom. The van der Waals surface area contributed by atoms with Crippen LogP contribution in [-0.4, -0.2) is 19.3 Å². The highest BCUT2D eigenvalue weighted by Gasteiger charge is 2.15. The summed E-state index contributed by atoms with van der Waals surface area (Å²) in [6.45, 7) is 2.48. The second-order valence-electron chi connectivity index (χ2n) is 4.78. The van der Waals surface area contributed by atoms with E-state index in [0.29, 0.717) is 6.54 Å². The van der Waals surface area contributed by atoms with Crippen molar-refractivity contribution in [1.29, 1.82) is 0 Å². The lowest BCUT2D eigenvalue weighted by molar-refractivity contribution is 0.754. The number of rotatable bonds is 2. The molecule has 0 amide bonds. The molecule has 19 heavy (non-hydrogen) atoms. The third-order valence-electron chi connectivity index (χ3n) is 3.45. The summed E-state index contributed by atoms with van der Waals surface area (Å²) in [7, 11) is 3.96. The number of aromatic nitrogens is 4. The van der Waals surface area contributed by atoms with Gasteiger partial charge in [0.05, 0.1) is 16.7 Å². The number of para-hydroxylation sites is 1. The van der Waals surface area contributed by atoms with Gasteiger partial charge >= 0.3 is 0 Å². The molecule has 0 spiro atoms. The summed E-state index contributed by atoms with van der Waals surface area (Å²) in [4.78, 5) is 4.75. The van der Waals surface area contributed by atoms with E-state index in [0.717, 1.165) is 33.8 Å². The van der Waals surface area contributed by atoms with Crippen molar-refractivity contribution in [2.24, 2.45) is 19.8 Å². The fourth-order valence-corrected chi connectivity index (χ4v) is 2.49. The van der Waals surface area contributed by atoms with E-state index in [4.69, 9.17) is 10.7 Å². The summed E-state index contributed by atoms with van der Waals surface area (Å²) in [6, 6.07) is 8.15. The first-order chi connectivity index (χ1) is 9.11. The van der Waals surface area contributed by atoms with Gasteiger partial charge in [0.2, 0.25) is 0 Å². The van der Waals surface area contributed by atoms with Crippen molar-refractivity contribution in [3.8, 4) is 11.5 Å². The third kappa shape index (κ3) is 1.74. The molecule has 2 aromatic heterocycles. The highest BCUT2D eigenvalue weighted by atomic mass is 15.3. The average molecular weight is 255 g/mol. The molecule has 1 aromatic carbocycles. The Balaban J connectivity index is 2.31. The lowest BCUT2D eigenvalue weighted by Gasteiger charge is -2.02. The first kappa shape index (κ1) is 11.9. The van der Waals surface area contributed by atoms with Crippen LogP contribution >= 0.6 is 0 Å². The fourth-order valence-electron chi connectivity index (χ4n) is 2.49. The van der Waals surface area contributed by atoms with Gasteiger partial charge in [0.15, 0.2) is 5.82 Å². The van der Waals surface area contributed by atoms with Crippen molar-refractivity contribution in [3.05, 3.63) is 35.5 Å². The number of hydrogen-bond donors (Lipinski definition) is 1. The van der Waals surface area contributed by atoms with Crippen LogP contribution in [0, 0.1) is 6.92 Å². The van der Waals surface area contributed by atoms with Crippen LogP contribution in [0.3, 0.4) is 0 Å². The standard InChI is InChI=1S/C14H17N5/c1-9-7-12(19(3)17-9)14-16-13-10(8-15)5-4-6-11(13)18(14)2/h4-7H,8,15H2,1-3H3. The number of hydrogen-bond acceptors (Lipinski definition) is 3. The van der Waals surface area contributed by atoms with Gasteiger partial charge in [0.25, 0.3) is 0 Å². The van der Waals surface area contributed by atoms with Crippen molar-refractivity contribution in [2.75, 3.05) is 0 Å². The largest absolute Gasteiger partial charge is 0.326 e. The van der Waals surface area contributed by atoms with E-state index in [1.807, 2.05) is 43.9 Å². The third-order valence-corrected chi connectivity index (χ3v) is 3.45. The quantitative estimate of drug-likeness (QED) is 0.758. The number of nitrogens with two attached hydrogens (primary N) is 1. The van der Waals surface area contributed by atoms with Gasteiger partial charge in [0, 0.05) is 20.6 Å². The highest BCUT2D eigenvalue weighted by molar-refractivity contribution is 5.83. The summed E-state index contributed by atoms with van der Waals surface area (Å²) in [5.74, 6) is 0.916. The molecule has 0 aliphatic carbocycles. The van der Waals surface area contributed by atoms with E-state index >= 15 is 0 Å². The maximum Gasteiger partial charge on any atom is 0.159 e. The molecule has 0 bridgehead atoms. The van der Waals surface area contributed by atoms with Crippen molar-refractivity contribution in [3.63, 3.8) is 0 Å². The molecule has 0 unspecified atom stereocenters. The van der Waals surface area contributed by atoms with Crippen LogP contribution in [0.25, 0.3) is 22.6 Å². The first-order valence-electron chi connectivity index (χ1n) is 6.27. The van der Waals surface area contributed by atoms with E-state index in [1.165, 1.54) is 0 Å². The molecule has 0 atom stereocenters. The van der Waals surface area contributed by atoms with E-state index in [1.54, 1.807) is 0 Å². The lowest BCUT2D eigenvalue weighted by Crippen LogP contribution is -1.99. The average Bonchev–Trinajstić information content (AvgIpc) is 2.90. The van der Waals surface area contributed by atoms with Crippen LogP contribution in [0.15, 0.2) is 24.3 Å². The normalized spacial score (nSPS) is 11.4. The first-order valence-corrected chi connectivity index (χ1v) is 6.27.